The number of ether oxygens (including phenoxy) is 2. The number of carbonyl (C=O) groups excluding carboxylic acids is 1. The lowest BCUT2D eigenvalue weighted by atomic mass is 9.94. The second kappa shape index (κ2) is 7.52. The van der Waals surface area contributed by atoms with Crippen molar-refractivity contribution in [1.29, 1.82) is 0 Å². The maximum absolute atomic E-state index is 14.2. The molecule has 2 N–H and O–H groups in total. The predicted octanol–water partition coefficient (Wildman–Crippen LogP) is 6.69. The van der Waals surface area contributed by atoms with Crippen molar-refractivity contribution >= 4 is 49.5 Å². The van der Waals surface area contributed by atoms with Crippen LogP contribution in [-0.2, 0) is 6.54 Å². The smallest absolute Gasteiger partial charge is 0.255 e. The molecule has 1 atom stereocenters. The lowest BCUT2D eigenvalue weighted by Crippen LogP contribution is -2.26. The minimum Gasteiger partial charge on any atom is -0.493 e. The summed E-state index contributed by atoms with van der Waals surface area (Å²) in [4.78, 5) is 23.4. The highest BCUT2D eigenvalue weighted by molar-refractivity contribution is 6.30. The van der Waals surface area contributed by atoms with Gasteiger partial charge in [0.2, 0.25) is 0 Å². The third-order valence-corrected chi connectivity index (χ3v) is 7.61. The molecule has 1 aliphatic rings. The number of aromatic nitrogens is 2. The molecule has 36 heavy (non-hydrogen) atoms. The maximum atomic E-state index is 14.2. The van der Waals surface area contributed by atoms with Crippen molar-refractivity contribution in [2.24, 2.45) is 0 Å². The van der Waals surface area contributed by atoms with E-state index in [2.05, 4.69) is 47.2 Å². The van der Waals surface area contributed by atoms with Gasteiger partial charge in [0.05, 0.1) is 36.9 Å². The van der Waals surface area contributed by atoms with E-state index in [0.717, 1.165) is 60.3 Å². The van der Waals surface area contributed by atoms with Gasteiger partial charge in [-0.15, -0.1) is 0 Å². The first-order chi connectivity index (χ1) is 17.6. The van der Waals surface area contributed by atoms with Crippen LogP contribution in [0.3, 0.4) is 0 Å². The van der Waals surface area contributed by atoms with E-state index in [1.54, 1.807) is 14.2 Å². The number of nitrogens with one attached hydrogen (secondary N) is 2. The molecule has 0 bridgehead atoms. The number of nitrogens with zero attached hydrogens (tertiary/aromatic N) is 1. The van der Waals surface area contributed by atoms with E-state index in [1.807, 2.05) is 41.3 Å². The van der Waals surface area contributed by atoms with Crippen LogP contribution in [0, 0.1) is 0 Å². The fraction of sp³-hybridized carbons (Fsp3) is 0.167. The summed E-state index contributed by atoms with van der Waals surface area (Å²) >= 11 is 0. The summed E-state index contributed by atoms with van der Waals surface area (Å²) in [6, 6.07) is 22.3. The van der Waals surface area contributed by atoms with Crippen LogP contribution in [0.25, 0.3) is 43.6 Å². The van der Waals surface area contributed by atoms with E-state index in [9.17, 15) is 4.79 Å². The van der Waals surface area contributed by atoms with Crippen LogP contribution < -0.4 is 9.47 Å². The van der Waals surface area contributed by atoms with Crippen molar-refractivity contribution in [2.45, 2.75) is 19.5 Å². The van der Waals surface area contributed by atoms with Crippen LogP contribution in [0.15, 0.2) is 66.7 Å². The summed E-state index contributed by atoms with van der Waals surface area (Å²) in [6.45, 7) is 2.61. The van der Waals surface area contributed by atoms with Gasteiger partial charge in [-0.05, 0) is 42.3 Å². The molecule has 6 nitrogen and oxygen atoms in total. The summed E-state index contributed by atoms with van der Waals surface area (Å²) in [5, 5.41) is 4.32. The second-order valence-corrected chi connectivity index (χ2v) is 9.43. The number of para-hydroxylation sites is 2. The molecule has 0 spiro atoms. The van der Waals surface area contributed by atoms with Crippen LogP contribution >= 0.6 is 0 Å². The second-order valence-electron chi connectivity index (χ2n) is 9.43. The lowest BCUT2D eigenvalue weighted by Gasteiger charge is -2.23. The molecular formula is C30H25N3O3. The van der Waals surface area contributed by atoms with E-state index in [-0.39, 0.29) is 11.9 Å². The molecule has 6 aromatic rings. The molecule has 0 aliphatic carbocycles. The Morgan fingerprint density at radius 3 is 2.08 bits per heavy atom. The quantitative estimate of drug-likeness (QED) is 0.298. The first-order valence-corrected chi connectivity index (χ1v) is 12.1. The fourth-order valence-corrected chi connectivity index (χ4v) is 5.96. The Balaban J connectivity index is 1.50. The molecular weight excluding hydrogens is 450 g/mol. The van der Waals surface area contributed by atoms with E-state index in [1.165, 1.54) is 0 Å². The molecule has 4 aromatic carbocycles. The lowest BCUT2D eigenvalue weighted by molar-refractivity contribution is 0.0724. The van der Waals surface area contributed by atoms with Gasteiger partial charge >= 0.3 is 0 Å². The molecule has 3 heterocycles. The molecule has 1 amide bonds. The highest BCUT2D eigenvalue weighted by Gasteiger charge is 2.39. The normalized spacial score (nSPS) is 15.5. The summed E-state index contributed by atoms with van der Waals surface area (Å²) < 4.78 is 10.9. The number of fused-ring (bicyclic) bond motifs is 10. The highest BCUT2D eigenvalue weighted by Crippen LogP contribution is 2.48. The van der Waals surface area contributed by atoms with Gasteiger partial charge in [-0.2, -0.15) is 0 Å². The molecule has 2 aromatic heterocycles. The zero-order valence-corrected chi connectivity index (χ0v) is 20.3. The first kappa shape index (κ1) is 20.9. The number of H-pyrrole nitrogens is 2. The molecule has 0 fully saturated rings. The van der Waals surface area contributed by atoms with Crippen LogP contribution in [0.2, 0.25) is 0 Å². The van der Waals surface area contributed by atoms with Gasteiger partial charge in [0.25, 0.3) is 5.91 Å². The molecule has 0 unspecified atom stereocenters. The predicted molar refractivity (Wildman–Crippen MR) is 143 cm³/mol. The summed E-state index contributed by atoms with van der Waals surface area (Å²) in [7, 11) is 3.25. The topological polar surface area (TPSA) is 70.3 Å². The summed E-state index contributed by atoms with van der Waals surface area (Å²) in [6.07, 6.45) is 0. The van der Waals surface area contributed by atoms with Gasteiger partial charge in [-0.1, -0.05) is 42.5 Å². The van der Waals surface area contributed by atoms with Gasteiger partial charge in [0.1, 0.15) is 0 Å². The number of amides is 1. The third kappa shape index (κ3) is 2.69. The van der Waals surface area contributed by atoms with Crippen molar-refractivity contribution in [3.8, 4) is 11.5 Å². The largest absolute Gasteiger partial charge is 0.493 e. The van der Waals surface area contributed by atoms with Crippen LogP contribution in [0.5, 0.6) is 11.5 Å². The maximum Gasteiger partial charge on any atom is 0.255 e. The molecule has 7 rings (SSSR count). The van der Waals surface area contributed by atoms with Gasteiger partial charge in [0, 0.05) is 39.1 Å². The monoisotopic (exact) mass is 475 g/mol. The Labute approximate surface area is 207 Å². The molecule has 1 aliphatic heterocycles. The van der Waals surface area contributed by atoms with Gasteiger partial charge in [0.15, 0.2) is 11.5 Å². The van der Waals surface area contributed by atoms with E-state index < -0.39 is 0 Å². The van der Waals surface area contributed by atoms with Crippen molar-refractivity contribution in [1.82, 2.24) is 14.9 Å². The SMILES string of the molecule is COc1ccc(CN2C(=O)c3c(c4c5ccccc5[nH]c4c4[nH]c5ccccc5c34)[C@@H]2C)cc1OC. The Hall–Kier alpha value is -4.45. The number of hydrogen-bond acceptors (Lipinski definition) is 3. The van der Waals surface area contributed by atoms with Crippen LogP contribution in [0.4, 0.5) is 0 Å². The Morgan fingerprint density at radius 2 is 1.42 bits per heavy atom. The fourth-order valence-electron chi connectivity index (χ4n) is 5.96. The van der Waals surface area contributed by atoms with Crippen molar-refractivity contribution < 1.29 is 14.3 Å². The number of carbonyl (C=O) groups is 1. The molecule has 0 saturated heterocycles. The standard InChI is InChI=1S/C30H25N3O3/c1-16-24-25-18-8-4-6-10-20(18)31-28(25)29-26(19-9-5-7-11-21(19)32-29)27(24)30(34)33(16)15-17-12-13-22(35-2)23(14-17)36-3/h4-14,16,31-32H,15H2,1-3H3/t16-/m0/s1. The first-order valence-electron chi connectivity index (χ1n) is 12.1. The van der Waals surface area contributed by atoms with E-state index in [0.29, 0.717) is 18.0 Å². The van der Waals surface area contributed by atoms with Crippen molar-refractivity contribution in [2.75, 3.05) is 14.2 Å². The van der Waals surface area contributed by atoms with E-state index >= 15 is 0 Å². The minimum absolute atomic E-state index is 0.0502. The highest BCUT2D eigenvalue weighted by atomic mass is 16.5. The zero-order chi connectivity index (χ0) is 24.6. The number of rotatable bonds is 4. The van der Waals surface area contributed by atoms with Gasteiger partial charge in [-0.3, -0.25) is 4.79 Å². The molecule has 0 saturated carbocycles. The molecule has 178 valence electrons. The number of aromatic amines is 2. The number of benzene rings is 4. The zero-order valence-electron chi connectivity index (χ0n) is 20.3. The Kier molecular flexibility index (Phi) is 4.36. The van der Waals surface area contributed by atoms with Crippen LogP contribution in [-0.4, -0.2) is 35.0 Å². The van der Waals surface area contributed by atoms with Gasteiger partial charge < -0.3 is 24.3 Å². The summed E-state index contributed by atoms with van der Waals surface area (Å²) in [5.41, 5.74) is 7.01. The molecule has 0 radical (unpaired) electrons. The van der Waals surface area contributed by atoms with Crippen molar-refractivity contribution in [3.63, 3.8) is 0 Å². The number of methoxy groups -OCH3 is 2. The Morgan fingerprint density at radius 1 is 0.806 bits per heavy atom. The Bertz CT molecular complexity index is 1850. The molecule has 6 heteroatoms. The average Bonchev–Trinajstić information content (AvgIpc) is 3.55. The van der Waals surface area contributed by atoms with Crippen LogP contribution in [0.1, 0.15) is 34.5 Å². The number of hydrogen-bond donors (Lipinski definition) is 2. The minimum atomic E-state index is -0.0969. The van der Waals surface area contributed by atoms with Crippen molar-refractivity contribution in [3.05, 3.63) is 83.4 Å². The average molecular weight is 476 g/mol. The summed E-state index contributed by atoms with van der Waals surface area (Å²) in [5.74, 6) is 1.38. The van der Waals surface area contributed by atoms with Gasteiger partial charge in [-0.25, -0.2) is 0 Å². The van der Waals surface area contributed by atoms with E-state index in [4.69, 9.17) is 9.47 Å². The third-order valence-electron chi connectivity index (χ3n) is 7.61.